The summed E-state index contributed by atoms with van der Waals surface area (Å²) in [7, 11) is -3.45. The molecule has 22 heavy (non-hydrogen) atoms. The summed E-state index contributed by atoms with van der Waals surface area (Å²) in [5, 5.41) is 0.563. The Morgan fingerprint density at radius 1 is 1.41 bits per heavy atom. The number of esters is 1. The van der Waals surface area contributed by atoms with Crippen molar-refractivity contribution in [2.45, 2.75) is 17.9 Å². The van der Waals surface area contributed by atoms with Gasteiger partial charge in [-0.3, -0.25) is 0 Å². The monoisotopic (exact) mass is 412 g/mol. The minimum absolute atomic E-state index is 0.129. The van der Waals surface area contributed by atoms with Crippen LogP contribution in [0.25, 0.3) is 10.1 Å². The van der Waals surface area contributed by atoms with Crippen LogP contribution in [0.1, 0.15) is 27.7 Å². The summed E-state index contributed by atoms with van der Waals surface area (Å²) in [4.78, 5) is 30.0. The van der Waals surface area contributed by atoms with Crippen molar-refractivity contribution in [2.24, 2.45) is 0 Å². The van der Waals surface area contributed by atoms with Crippen LogP contribution in [-0.4, -0.2) is 22.4 Å². The molecule has 2 aromatic rings. The second-order valence-electron chi connectivity index (χ2n) is 4.34. The predicted molar refractivity (Wildman–Crippen MR) is 85.7 cm³/mol. The summed E-state index contributed by atoms with van der Waals surface area (Å²) in [5.74, 6) is -0.510. The molecule has 0 spiro atoms. The zero-order valence-electron chi connectivity index (χ0n) is 11.3. The molecule has 2 N–H and O–H groups in total. The molecule has 0 amide bonds. The average Bonchev–Trinajstić information content (AvgIpc) is 2.88. The molecule has 0 atom stereocenters. The molecule has 0 unspecified atom stereocenters. The Labute approximate surface area is 138 Å². The number of halogens is 3. The van der Waals surface area contributed by atoms with Crippen LogP contribution < -0.4 is 0 Å². The Kier molecular flexibility index (Phi) is 5.50. The Morgan fingerprint density at radius 3 is 2.64 bits per heavy atom. The van der Waals surface area contributed by atoms with Crippen LogP contribution in [0.15, 0.2) is 18.2 Å². The normalized spacial score (nSPS) is 12.1. The fraction of sp³-hybridized carbons (Fsp3) is 0.308. The van der Waals surface area contributed by atoms with Crippen molar-refractivity contribution in [3.63, 3.8) is 0 Å². The second-order valence-corrected chi connectivity index (χ2v) is 7.13. The third-order valence-electron chi connectivity index (χ3n) is 2.94. The summed E-state index contributed by atoms with van der Waals surface area (Å²) in [5.41, 5.74) is -3.95. The number of fused-ring (bicyclic) bond motifs is 1. The van der Waals surface area contributed by atoms with E-state index in [4.69, 9.17) is 14.5 Å². The summed E-state index contributed by atoms with van der Waals surface area (Å²) in [6, 6.07) is 4.17. The largest absolute Gasteiger partial charge is 0.462 e. The smallest absolute Gasteiger partial charge is 0.348 e. The highest BCUT2D eigenvalue weighted by Crippen LogP contribution is 2.54. The number of hydrogen-bond acceptors (Lipinski definition) is 5. The standard InChI is InChI=1S/C13H12BrF2O4PS/c1-2-20-12(17)11-4-7-3-9(13(15,16)21(18)19)8(6-14)5-10(7)22-11/h3-5,18-19H,2,6H2,1H3. The molecule has 0 fully saturated rings. The van der Waals surface area contributed by atoms with Gasteiger partial charge < -0.3 is 14.5 Å². The zero-order chi connectivity index (χ0) is 16.5. The van der Waals surface area contributed by atoms with Crippen LogP contribution in [0, 0.1) is 0 Å². The van der Waals surface area contributed by atoms with E-state index in [0.717, 1.165) is 11.3 Å². The molecule has 0 bridgehead atoms. The van der Waals surface area contributed by atoms with Crippen molar-refractivity contribution in [1.29, 1.82) is 0 Å². The Bertz CT molecular complexity index is 705. The lowest BCUT2D eigenvalue weighted by Gasteiger charge is -2.20. The van der Waals surface area contributed by atoms with Crippen LogP contribution in [0.4, 0.5) is 8.78 Å². The van der Waals surface area contributed by atoms with Crippen molar-refractivity contribution in [3.8, 4) is 0 Å². The molecule has 1 aromatic carbocycles. The average molecular weight is 413 g/mol. The highest BCUT2D eigenvalue weighted by Gasteiger charge is 2.42. The maximum Gasteiger partial charge on any atom is 0.348 e. The molecule has 0 saturated heterocycles. The fourth-order valence-electron chi connectivity index (χ4n) is 1.93. The number of carbonyl (C=O) groups is 1. The number of benzene rings is 1. The van der Waals surface area contributed by atoms with Gasteiger partial charge in [0.2, 0.25) is 8.38 Å². The van der Waals surface area contributed by atoms with Crippen LogP contribution in [-0.2, 0) is 15.7 Å². The van der Waals surface area contributed by atoms with E-state index in [9.17, 15) is 13.6 Å². The van der Waals surface area contributed by atoms with E-state index in [0.29, 0.717) is 15.0 Å². The van der Waals surface area contributed by atoms with Gasteiger partial charge in [-0.2, -0.15) is 8.78 Å². The number of hydrogen-bond donors (Lipinski definition) is 2. The molecule has 0 saturated carbocycles. The number of alkyl halides is 3. The third kappa shape index (κ3) is 3.31. The molecule has 0 aliphatic rings. The zero-order valence-corrected chi connectivity index (χ0v) is 14.6. The summed E-state index contributed by atoms with van der Waals surface area (Å²) < 4.78 is 33.5. The Morgan fingerprint density at radius 2 is 2.09 bits per heavy atom. The highest BCUT2D eigenvalue weighted by atomic mass is 79.9. The molecular formula is C13H12BrF2O4PS. The van der Waals surface area contributed by atoms with Gasteiger partial charge in [-0.25, -0.2) is 4.79 Å². The molecule has 1 heterocycles. The van der Waals surface area contributed by atoms with Crippen molar-refractivity contribution >= 4 is 51.7 Å². The highest BCUT2D eigenvalue weighted by molar-refractivity contribution is 9.08. The van der Waals surface area contributed by atoms with E-state index < -0.39 is 25.6 Å². The van der Waals surface area contributed by atoms with Gasteiger partial charge in [0.25, 0.3) is 0 Å². The molecule has 2 rings (SSSR count). The van der Waals surface area contributed by atoms with Gasteiger partial charge in [0.1, 0.15) is 4.88 Å². The summed E-state index contributed by atoms with van der Waals surface area (Å²) in [6.45, 7) is 1.90. The quantitative estimate of drug-likeness (QED) is 0.436. The Hall–Kier alpha value is -0.660. The Balaban J connectivity index is 2.57. The molecule has 1 aromatic heterocycles. The van der Waals surface area contributed by atoms with Crippen LogP contribution in [0.2, 0.25) is 0 Å². The summed E-state index contributed by atoms with van der Waals surface area (Å²) in [6.07, 6.45) is 0. The van der Waals surface area contributed by atoms with Crippen LogP contribution in [0.5, 0.6) is 0 Å². The lowest BCUT2D eigenvalue weighted by molar-refractivity contribution is 0.0532. The van der Waals surface area contributed by atoms with E-state index in [2.05, 4.69) is 15.9 Å². The summed E-state index contributed by atoms with van der Waals surface area (Å²) >= 11 is 4.26. The third-order valence-corrected chi connectivity index (χ3v) is 5.36. The van der Waals surface area contributed by atoms with Crippen molar-refractivity contribution < 1.29 is 28.1 Å². The molecular weight excluding hydrogens is 401 g/mol. The van der Waals surface area contributed by atoms with Crippen molar-refractivity contribution in [1.82, 2.24) is 0 Å². The maximum atomic E-state index is 14.0. The van der Waals surface area contributed by atoms with E-state index in [1.54, 1.807) is 6.92 Å². The fourth-order valence-corrected chi connectivity index (χ4v) is 3.82. The number of rotatable bonds is 5. The van der Waals surface area contributed by atoms with Gasteiger partial charge in [-0.05, 0) is 36.1 Å². The number of thiophene rings is 1. The number of ether oxygens (including phenoxy) is 1. The first kappa shape index (κ1) is 17.7. The van der Waals surface area contributed by atoms with Gasteiger partial charge in [0.15, 0.2) is 0 Å². The minimum Gasteiger partial charge on any atom is -0.462 e. The first-order valence-corrected chi connectivity index (χ1v) is 9.35. The molecule has 4 nitrogen and oxygen atoms in total. The number of carbonyl (C=O) groups excluding carboxylic acids is 1. The second kappa shape index (κ2) is 6.84. The van der Waals surface area contributed by atoms with Gasteiger partial charge in [-0.1, -0.05) is 15.9 Å². The minimum atomic E-state index is -3.74. The van der Waals surface area contributed by atoms with E-state index in [1.807, 2.05) is 0 Å². The van der Waals surface area contributed by atoms with Gasteiger partial charge >= 0.3 is 11.6 Å². The molecule has 9 heteroatoms. The SMILES string of the molecule is CCOC(=O)c1cc2cc(C(F)(F)P(O)O)c(CBr)cc2s1. The molecule has 120 valence electrons. The molecule has 0 aliphatic heterocycles. The van der Waals surface area contributed by atoms with Crippen LogP contribution in [0.3, 0.4) is 0 Å². The topological polar surface area (TPSA) is 66.8 Å². The van der Waals surface area contributed by atoms with Gasteiger partial charge in [0.05, 0.1) is 6.61 Å². The van der Waals surface area contributed by atoms with E-state index in [1.165, 1.54) is 18.2 Å². The predicted octanol–water partition coefficient (Wildman–Crippen LogP) is 4.32. The first-order chi connectivity index (χ1) is 10.3. The van der Waals surface area contributed by atoms with Crippen molar-refractivity contribution in [2.75, 3.05) is 6.61 Å². The van der Waals surface area contributed by atoms with Gasteiger partial charge in [-0.15, -0.1) is 11.3 Å². The molecule has 0 aliphatic carbocycles. The van der Waals surface area contributed by atoms with Crippen LogP contribution >= 0.6 is 35.6 Å². The van der Waals surface area contributed by atoms with E-state index >= 15 is 0 Å². The maximum absolute atomic E-state index is 14.0. The lowest BCUT2D eigenvalue weighted by atomic mass is 10.1. The van der Waals surface area contributed by atoms with E-state index in [-0.39, 0.29) is 17.5 Å². The lowest BCUT2D eigenvalue weighted by Crippen LogP contribution is -2.13. The van der Waals surface area contributed by atoms with Gasteiger partial charge in [0, 0.05) is 15.6 Å². The first-order valence-electron chi connectivity index (χ1n) is 6.17. The van der Waals surface area contributed by atoms with Crippen molar-refractivity contribution in [3.05, 3.63) is 34.2 Å². The molecule has 0 radical (unpaired) electrons.